The van der Waals surface area contributed by atoms with Gasteiger partial charge in [-0.1, -0.05) is 19.9 Å². The van der Waals surface area contributed by atoms with Gasteiger partial charge in [-0.15, -0.1) is 10.2 Å². The van der Waals surface area contributed by atoms with E-state index >= 15 is 0 Å². The lowest BCUT2D eigenvalue weighted by molar-refractivity contribution is -0.132. The van der Waals surface area contributed by atoms with Crippen LogP contribution in [0.3, 0.4) is 0 Å². The molecule has 0 saturated carbocycles. The molecule has 7 nitrogen and oxygen atoms in total. The summed E-state index contributed by atoms with van der Waals surface area (Å²) in [5.74, 6) is 0.846. The van der Waals surface area contributed by atoms with Gasteiger partial charge in [0.05, 0.1) is 6.54 Å². The normalized spacial score (nSPS) is 15.8. The number of nitrogens with zero attached hydrogens (tertiary/aromatic N) is 5. The lowest BCUT2D eigenvalue weighted by atomic mass is 10.1. The van der Waals surface area contributed by atoms with Crippen LogP contribution in [0.1, 0.15) is 38.9 Å². The number of aromatic nitrogens is 4. The van der Waals surface area contributed by atoms with Crippen LogP contribution in [0.25, 0.3) is 5.57 Å². The molecule has 1 amide bonds. The Morgan fingerprint density at radius 2 is 2.14 bits per heavy atom. The highest BCUT2D eigenvalue weighted by molar-refractivity contribution is 5.78. The zero-order chi connectivity index (χ0) is 15.1. The van der Waals surface area contributed by atoms with E-state index in [1.165, 1.54) is 0 Å². The summed E-state index contributed by atoms with van der Waals surface area (Å²) < 4.78 is 0. The van der Waals surface area contributed by atoms with Crippen LogP contribution in [0.2, 0.25) is 0 Å². The van der Waals surface area contributed by atoms with E-state index < -0.39 is 0 Å². The molecule has 0 radical (unpaired) electrons. The van der Waals surface area contributed by atoms with E-state index in [1.807, 2.05) is 4.90 Å². The number of rotatable bonds is 7. The number of carbonyl (C=O) groups excluding carboxylic acids is 1. The summed E-state index contributed by atoms with van der Waals surface area (Å²) in [6, 6.07) is 0. The molecule has 0 bridgehead atoms. The number of amides is 1. The third-order valence-electron chi connectivity index (χ3n) is 3.56. The Bertz CT molecular complexity index is 464. The summed E-state index contributed by atoms with van der Waals surface area (Å²) in [6.45, 7) is 7.97. The van der Waals surface area contributed by atoms with Crippen LogP contribution in [-0.4, -0.2) is 69.1 Å². The predicted molar refractivity (Wildman–Crippen MR) is 80.4 cm³/mol. The summed E-state index contributed by atoms with van der Waals surface area (Å²) >= 11 is 0. The fourth-order valence-corrected chi connectivity index (χ4v) is 2.59. The van der Waals surface area contributed by atoms with E-state index in [0.29, 0.717) is 18.9 Å². The van der Waals surface area contributed by atoms with Crippen LogP contribution in [-0.2, 0) is 4.79 Å². The summed E-state index contributed by atoms with van der Waals surface area (Å²) in [5.41, 5.74) is 1.04. The van der Waals surface area contributed by atoms with Gasteiger partial charge in [0.2, 0.25) is 11.7 Å². The van der Waals surface area contributed by atoms with Crippen molar-refractivity contribution in [2.24, 2.45) is 0 Å². The quantitative estimate of drug-likeness (QED) is 0.809. The molecule has 0 aliphatic carbocycles. The molecular weight excluding hydrogens is 268 g/mol. The lowest BCUT2D eigenvalue weighted by Gasteiger charge is -2.29. The van der Waals surface area contributed by atoms with E-state index in [2.05, 4.69) is 45.4 Å². The van der Waals surface area contributed by atoms with Crippen molar-refractivity contribution in [1.29, 1.82) is 0 Å². The molecule has 0 atom stereocenters. The fraction of sp³-hybridized carbons (Fsp3) is 0.714. The lowest BCUT2D eigenvalue weighted by Crippen LogP contribution is -2.42. The maximum atomic E-state index is 12.4. The number of tetrazole rings is 1. The second kappa shape index (κ2) is 7.87. The Morgan fingerprint density at radius 3 is 2.76 bits per heavy atom. The number of hydrogen-bond acceptors (Lipinski definition) is 5. The minimum absolute atomic E-state index is 0.216. The molecule has 21 heavy (non-hydrogen) atoms. The number of hydrogen-bond donors (Lipinski definition) is 1. The van der Waals surface area contributed by atoms with Crippen LogP contribution in [0, 0.1) is 0 Å². The molecule has 0 aromatic carbocycles. The zero-order valence-corrected chi connectivity index (χ0v) is 12.9. The third-order valence-corrected chi connectivity index (χ3v) is 3.56. The first-order valence-corrected chi connectivity index (χ1v) is 7.67. The Kier molecular flexibility index (Phi) is 5.86. The van der Waals surface area contributed by atoms with Crippen LogP contribution >= 0.6 is 0 Å². The summed E-state index contributed by atoms with van der Waals surface area (Å²) in [7, 11) is 0. The smallest absolute Gasteiger partial charge is 0.236 e. The van der Waals surface area contributed by atoms with Gasteiger partial charge in [-0.05, 0) is 24.5 Å². The Morgan fingerprint density at radius 1 is 1.38 bits per heavy atom. The van der Waals surface area contributed by atoms with E-state index in [9.17, 15) is 4.79 Å². The van der Waals surface area contributed by atoms with Crippen molar-refractivity contribution in [2.75, 3.05) is 32.7 Å². The largest absolute Gasteiger partial charge is 0.342 e. The molecule has 1 aliphatic heterocycles. The molecule has 1 N–H and O–H groups in total. The fourth-order valence-electron chi connectivity index (χ4n) is 2.59. The molecule has 2 heterocycles. The SMILES string of the molecule is CCCN(CCC)C(=O)CN1CCC=C(c2nn[nH]n2)C1. The van der Waals surface area contributed by atoms with Crippen molar-refractivity contribution >= 4 is 11.5 Å². The highest BCUT2D eigenvalue weighted by atomic mass is 16.2. The van der Waals surface area contributed by atoms with Gasteiger partial charge >= 0.3 is 0 Å². The topological polar surface area (TPSA) is 78.0 Å². The number of aromatic amines is 1. The first-order valence-electron chi connectivity index (χ1n) is 7.67. The summed E-state index contributed by atoms with van der Waals surface area (Å²) in [4.78, 5) is 16.5. The van der Waals surface area contributed by atoms with Crippen LogP contribution in [0.5, 0.6) is 0 Å². The monoisotopic (exact) mass is 292 g/mol. The number of nitrogens with one attached hydrogen (secondary N) is 1. The van der Waals surface area contributed by atoms with Gasteiger partial charge in [0.15, 0.2) is 0 Å². The minimum atomic E-state index is 0.216. The molecule has 1 aromatic rings. The summed E-state index contributed by atoms with van der Waals surface area (Å²) in [5, 5.41) is 14.1. The standard InChI is InChI=1S/C14H24N6O/c1-3-7-20(8-4-2)13(21)11-19-9-5-6-12(10-19)14-15-17-18-16-14/h6H,3-5,7-11H2,1-2H3,(H,15,16,17,18). The molecule has 0 saturated heterocycles. The molecule has 116 valence electrons. The van der Waals surface area contributed by atoms with Crippen molar-refractivity contribution in [3.63, 3.8) is 0 Å². The number of H-pyrrole nitrogens is 1. The maximum absolute atomic E-state index is 12.4. The molecule has 0 unspecified atom stereocenters. The van der Waals surface area contributed by atoms with Crippen molar-refractivity contribution in [1.82, 2.24) is 30.4 Å². The highest BCUT2D eigenvalue weighted by Crippen LogP contribution is 2.16. The Balaban J connectivity index is 1.91. The van der Waals surface area contributed by atoms with Crippen molar-refractivity contribution < 1.29 is 4.79 Å². The molecule has 1 aliphatic rings. The van der Waals surface area contributed by atoms with Gasteiger partial charge in [0, 0.05) is 31.8 Å². The van der Waals surface area contributed by atoms with Gasteiger partial charge in [-0.3, -0.25) is 9.69 Å². The van der Waals surface area contributed by atoms with Crippen molar-refractivity contribution in [3.8, 4) is 0 Å². The van der Waals surface area contributed by atoms with E-state index in [1.54, 1.807) is 0 Å². The zero-order valence-electron chi connectivity index (χ0n) is 12.9. The molecule has 2 rings (SSSR count). The molecular formula is C14H24N6O. The van der Waals surface area contributed by atoms with Gasteiger partial charge in [0.25, 0.3) is 0 Å². The molecule has 7 heteroatoms. The molecule has 0 spiro atoms. The van der Waals surface area contributed by atoms with Gasteiger partial charge in [-0.25, -0.2) is 0 Å². The predicted octanol–water partition coefficient (Wildman–Crippen LogP) is 0.937. The average molecular weight is 292 g/mol. The molecule has 1 aromatic heterocycles. The third kappa shape index (κ3) is 4.35. The van der Waals surface area contributed by atoms with E-state index in [0.717, 1.165) is 44.5 Å². The van der Waals surface area contributed by atoms with Crippen LogP contribution < -0.4 is 0 Å². The summed E-state index contributed by atoms with van der Waals surface area (Å²) in [6.07, 6.45) is 5.04. The second-order valence-corrected chi connectivity index (χ2v) is 5.34. The van der Waals surface area contributed by atoms with Gasteiger partial charge < -0.3 is 4.90 Å². The van der Waals surface area contributed by atoms with Crippen molar-refractivity contribution in [2.45, 2.75) is 33.1 Å². The van der Waals surface area contributed by atoms with Crippen molar-refractivity contribution in [3.05, 3.63) is 11.9 Å². The van der Waals surface area contributed by atoms with Gasteiger partial charge in [-0.2, -0.15) is 5.21 Å². The van der Waals surface area contributed by atoms with E-state index in [-0.39, 0.29) is 5.91 Å². The first kappa shape index (κ1) is 15.6. The highest BCUT2D eigenvalue weighted by Gasteiger charge is 2.21. The van der Waals surface area contributed by atoms with Gasteiger partial charge in [0.1, 0.15) is 0 Å². The Hall–Kier alpha value is -1.76. The van der Waals surface area contributed by atoms with Crippen LogP contribution in [0.15, 0.2) is 6.08 Å². The second-order valence-electron chi connectivity index (χ2n) is 5.34. The maximum Gasteiger partial charge on any atom is 0.236 e. The van der Waals surface area contributed by atoms with E-state index in [4.69, 9.17) is 0 Å². The average Bonchev–Trinajstić information content (AvgIpc) is 3.01. The van der Waals surface area contributed by atoms with Crippen LogP contribution in [0.4, 0.5) is 0 Å². The Labute approximate surface area is 125 Å². The molecule has 0 fully saturated rings. The first-order chi connectivity index (χ1) is 10.2. The minimum Gasteiger partial charge on any atom is -0.342 e. The number of carbonyl (C=O) groups is 1.